The second kappa shape index (κ2) is 3.27. The molecule has 0 aliphatic carbocycles. The zero-order chi connectivity index (χ0) is 9.19. The molecule has 0 unspecified atom stereocenters. The summed E-state index contributed by atoms with van der Waals surface area (Å²) in [6.07, 6.45) is 3.00. The van der Waals surface area contributed by atoms with Crippen molar-refractivity contribution in [2.45, 2.75) is 13.3 Å². The lowest BCUT2D eigenvalue weighted by Crippen LogP contribution is -2.36. The van der Waals surface area contributed by atoms with Crippen LogP contribution in [0.3, 0.4) is 0 Å². The van der Waals surface area contributed by atoms with Crippen molar-refractivity contribution in [3.63, 3.8) is 0 Å². The summed E-state index contributed by atoms with van der Waals surface area (Å²) in [5.41, 5.74) is 1.24. The van der Waals surface area contributed by atoms with Crippen LogP contribution in [0.1, 0.15) is 11.5 Å². The molecule has 0 fully saturated rings. The highest BCUT2D eigenvalue weighted by Crippen LogP contribution is 2.00. The molecule has 1 N–H and O–H groups in total. The number of H-pyrrole nitrogens is 1. The average molecular weight is 168 g/mol. The number of rotatable bonds is 3. The van der Waals surface area contributed by atoms with E-state index in [2.05, 4.69) is 31.1 Å². The van der Waals surface area contributed by atoms with Crippen molar-refractivity contribution in [3.05, 3.63) is 17.7 Å². The molecule has 1 heterocycles. The fourth-order valence-corrected chi connectivity index (χ4v) is 1.05. The molecule has 0 aliphatic rings. The molecule has 12 heavy (non-hydrogen) atoms. The van der Waals surface area contributed by atoms with Crippen LogP contribution in [-0.2, 0) is 6.42 Å². The van der Waals surface area contributed by atoms with Crippen LogP contribution in [0.15, 0.2) is 6.20 Å². The highest BCUT2D eigenvalue weighted by molar-refractivity contribution is 4.99. The van der Waals surface area contributed by atoms with Crippen LogP contribution < -0.4 is 0 Å². The summed E-state index contributed by atoms with van der Waals surface area (Å²) in [6.45, 7) is 3.12. The van der Waals surface area contributed by atoms with E-state index in [-0.39, 0.29) is 0 Å². The lowest BCUT2D eigenvalue weighted by atomic mass is 10.3. The van der Waals surface area contributed by atoms with Crippen molar-refractivity contribution in [2.24, 2.45) is 0 Å². The molecule has 0 bridgehead atoms. The van der Waals surface area contributed by atoms with Gasteiger partial charge in [0.2, 0.25) is 0 Å². The Labute approximate surface area is 74.0 Å². The van der Waals surface area contributed by atoms with Crippen molar-refractivity contribution >= 4 is 0 Å². The van der Waals surface area contributed by atoms with Gasteiger partial charge in [0.25, 0.3) is 0 Å². The number of hydrogen-bond acceptors (Lipinski definition) is 1. The quantitative estimate of drug-likeness (QED) is 0.669. The van der Waals surface area contributed by atoms with Crippen LogP contribution in [0.4, 0.5) is 0 Å². The molecule has 68 valence electrons. The van der Waals surface area contributed by atoms with Crippen LogP contribution in [0, 0.1) is 6.92 Å². The predicted molar refractivity (Wildman–Crippen MR) is 49.9 cm³/mol. The predicted octanol–water partition coefficient (Wildman–Crippen LogP) is 0.967. The normalized spacial score (nSPS) is 12.0. The third-order valence-electron chi connectivity index (χ3n) is 1.81. The summed E-state index contributed by atoms with van der Waals surface area (Å²) >= 11 is 0. The van der Waals surface area contributed by atoms with Gasteiger partial charge in [-0.2, -0.15) is 0 Å². The summed E-state index contributed by atoms with van der Waals surface area (Å²) in [5, 5.41) is 0. The summed E-state index contributed by atoms with van der Waals surface area (Å²) in [5.74, 6) is 1.01. The molecule has 0 saturated carbocycles. The van der Waals surface area contributed by atoms with Gasteiger partial charge in [0, 0.05) is 18.3 Å². The van der Waals surface area contributed by atoms with Crippen LogP contribution in [0.25, 0.3) is 0 Å². The summed E-state index contributed by atoms with van der Waals surface area (Å²) in [7, 11) is 6.59. The third-order valence-corrected chi connectivity index (χ3v) is 1.81. The van der Waals surface area contributed by atoms with Gasteiger partial charge < -0.3 is 9.47 Å². The summed E-state index contributed by atoms with van der Waals surface area (Å²) < 4.78 is 0.998. The number of aromatic nitrogens is 2. The summed E-state index contributed by atoms with van der Waals surface area (Å²) in [4.78, 5) is 7.38. The van der Waals surface area contributed by atoms with Crippen molar-refractivity contribution < 1.29 is 4.48 Å². The third kappa shape index (κ3) is 3.05. The van der Waals surface area contributed by atoms with Gasteiger partial charge >= 0.3 is 0 Å². The molecule has 3 heteroatoms. The molecule has 0 saturated heterocycles. The molecule has 0 spiro atoms. The number of likely N-dealkylation sites (N-methyl/N-ethyl adjacent to an activating group) is 1. The van der Waals surface area contributed by atoms with Crippen LogP contribution >= 0.6 is 0 Å². The van der Waals surface area contributed by atoms with Crippen molar-refractivity contribution in [1.82, 2.24) is 9.97 Å². The maximum Gasteiger partial charge on any atom is 0.103 e. The molecule has 0 aliphatic heterocycles. The number of aryl methyl sites for hydroxylation is 1. The SMILES string of the molecule is Cc1ncc(CC[N+](C)(C)C)[nH]1. The van der Waals surface area contributed by atoms with E-state index < -0.39 is 0 Å². The second-order valence-corrected chi connectivity index (χ2v) is 4.26. The van der Waals surface area contributed by atoms with E-state index >= 15 is 0 Å². The first-order valence-corrected chi connectivity index (χ1v) is 4.28. The Balaban J connectivity index is 2.44. The fourth-order valence-electron chi connectivity index (χ4n) is 1.05. The number of aromatic amines is 1. The number of imidazole rings is 1. The lowest BCUT2D eigenvalue weighted by molar-refractivity contribution is -0.870. The van der Waals surface area contributed by atoms with E-state index in [0.717, 1.165) is 23.3 Å². The molecule has 1 aromatic rings. The van der Waals surface area contributed by atoms with E-state index in [4.69, 9.17) is 0 Å². The van der Waals surface area contributed by atoms with Gasteiger partial charge in [-0.05, 0) is 6.92 Å². The monoisotopic (exact) mass is 168 g/mol. The standard InChI is InChI=1S/C9H18N3/c1-8-10-7-9(11-8)5-6-12(2,3)4/h7H,5-6H2,1-4H3,(H,10,11)/q+1. The minimum absolute atomic E-state index is 0.998. The van der Waals surface area contributed by atoms with E-state index in [9.17, 15) is 0 Å². The number of quaternary nitrogens is 1. The molecule has 1 aromatic heterocycles. The minimum atomic E-state index is 0.998. The molecule has 1 rings (SSSR count). The minimum Gasteiger partial charge on any atom is -0.346 e. The van der Waals surface area contributed by atoms with E-state index in [1.165, 1.54) is 5.69 Å². The Morgan fingerprint density at radius 1 is 1.42 bits per heavy atom. The highest BCUT2D eigenvalue weighted by Gasteiger charge is 2.07. The zero-order valence-electron chi connectivity index (χ0n) is 8.39. The first-order chi connectivity index (χ1) is 5.47. The molecular formula is C9H18N3+. The number of nitrogens with one attached hydrogen (secondary N) is 1. The van der Waals surface area contributed by atoms with Crippen molar-refractivity contribution in [2.75, 3.05) is 27.7 Å². The maximum absolute atomic E-state index is 4.15. The second-order valence-electron chi connectivity index (χ2n) is 4.26. The number of hydrogen-bond donors (Lipinski definition) is 1. The van der Waals surface area contributed by atoms with Gasteiger partial charge in [0.15, 0.2) is 0 Å². The zero-order valence-corrected chi connectivity index (χ0v) is 8.39. The first-order valence-electron chi connectivity index (χ1n) is 4.28. The van der Waals surface area contributed by atoms with Gasteiger partial charge in [0.05, 0.1) is 27.7 Å². The maximum atomic E-state index is 4.15. The van der Waals surface area contributed by atoms with Gasteiger partial charge in [-0.15, -0.1) is 0 Å². The van der Waals surface area contributed by atoms with E-state index in [1.54, 1.807) is 0 Å². The van der Waals surface area contributed by atoms with Gasteiger partial charge in [-0.3, -0.25) is 0 Å². The summed E-state index contributed by atoms with van der Waals surface area (Å²) in [6, 6.07) is 0. The van der Waals surface area contributed by atoms with Gasteiger partial charge in [-0.1, -0.05) is 0 Å². The topological polar surface area (TPSA) is 28.7 Å². The van der Waals surface area contributed by atoms with E-state index in [0.29, 0.717) is 0 Å². The molecule has 0 aromatic carbocycles. The molecule has 0 atom stereocenters. The average Bonchev–Trinajstić information content (AvgIpc) is 2.30. The van der Waals surface area contributed by atoms with Crippen LogP contribution in [0.5, 0.6) is 0 Å². The van der Waals surface area contributed by atoms with Crippen molar-refractivity contribution in [3.8, 4) is 0 Å². The Morgan fingerprint density at radius 3 is 2.50 bits per heavy atom. The number of nitrogens with zero attached hydrogens (tertiary/aromatic N) is 2. The van der Waals surface area contributed by atoms with Gasteiger partial charge in [-0.25, -0.2) is 4.98 Å². The lowest BCUT2D eigenvalue weighted by Gasteiger charge is -2.23. The Kier molecular flexibility index (Phi) is 2.52. The Morgan fingerprint density at radius 2 is 2.08 bits per heavy atom. The van der Waals surface area contributed by atoms with Crippen molar-refractivity contribution in [1.29, 1.82) is 0 Å². The fraction of sp³-hybridized carbons (Fsp3) is 0.667. The smallest absolute Gasteiger partial charge is 0.103 e. The molecule has 0 radical (unpaired) electrons. The molecule has 0 amide bonds. The Hall–Kier alpha value is -0.830. The largest absolute Gasteiger partial charge is 0.346 e. The molecular weight excluding hydrogens is 150 g/mol. The van der Waals surface area contributed by atoms with Crippen LogP contribution in [0.2, 0.25) is 0 Å². The highest BCUT2D eigenvalue weighted by atomic mass is 15.3. The van der Waals surface area contributed by atoms with Gasteiger partial charge in [0.1, 0.15) is 5.82 Å². The van der Waals surface area contributed by atoms with Crippen LogP contribution in [-0.4, -0.2) is 42.1 Å². The molecule has 3 nitrogen and oxygen atoms in total. The van der Waals surface area contributed by atoms with E-state index in [1.807, 2.05) is 13.1 Å². The first kappa shape index (κ1) is 9.26. The Bertz CT molecular complexity index is 245.